The van der Waals surface area contributed by atoms with Crippen LogP contribution in [0.1, 0.15) is 74.9 Å². The average Bonchev–Trinajstić information content (AvgIpc) is 2.46. The highest BCUT2D eigenvalue weighted by atomic mass is 79.9. The first-order chi connectivity index (χ1) is 9.17. The van der Waals surface area contributed by atoms with Crippen LogP contribution in [0.25, 0.3) is 0 Å². The molecule has 0 saturated carbocycles. The minimum absolute atomic E-state index is 0.514. The fraction of sp³-hybridized carbons (Fsp3) is 0.667. The maximum absolute atomic E-state index is 3.95. The molecule has 0 radical (unpaired) electrons. The Morgan fingerprint density at radius 3 is 2.21 bits per heavy atom. The normalized spacial score (nSPS) is 14.4. The largest absolute Gasteiger partial charge is 0.0836 e. The molecule has 0 saturated heterocycles. The number of alkyl halides is 1. The lowest BCUT2D eigenvalue weighted by Crippen LogP contribution is -2.08. The first-order valence-corrected chi connectivity index (χ1v) is 8.85. The average molecular weight is 325 g/mol. The Morgan fingerprint density at radius 2 is 1.68 bits per heavy atom. The van der Waals surface area contributed by atoms with Gasteiger partial charge in [0, 0.05) is 4.83 Å². The zero-order valence-electron chi connectivity index (χ0n) is 13.0. The highest BCUT2D eigenvalue weighted by Crippen LogP contribution is 2.37. The molecule has 0 aliphatic carbocycles. The van der Waals surface area contributed by atoms with Crippen molar-refractivity contribution in [3.63, 3.8) is 0 Å². The summed E-state index contributed by atoms with van der Waals surface area (Å²) in [4.78, 5) is 0.514. The van der Waals surface area contributed by atoms with Crippen LogP contribution in [0.3, 0.4) is 0 Å². The van der Waals surface area contributed by atoms with Crippen LogP contribution >= 0.6 is 15.9 Å². The second-order valence-electron chi connectivity index (χ2n) is 5.45. The standard InChI is InChI=1S/C18H29Br/c1-5-9-10-15(7-3)18(19)17-12-11-14(6-2)16(8-4)13-17/h11-13,15,18H,5-10H2,1-4H3. The van der Waals surface area contributed by atoms with Crippen LogP contribution in [0, 0.1) is 5.92 Å². The zero-order chi connectivity index (χ0) is 14.3. The highest BCUT2D eigenvalue weighted by Gasteiger charge is 2.19. The molecule has 2 atom stereocenters. The van der Waals surface area contributed by atoms with Crippen molar-refractivity contribution < 1.29 is 0 Å². The van der Waals surface area contributed by atoms with E-state index in [4.69, 9.17) is 0 Å². The number of halogens is 1. The van der Waals surface area contributed by atoms with Crippen LogP contribution in [0.15, 0.2) is 18.2 Å². The molecule has 0 amide bonds. The summed E-state index contributed by atoms with van der Waals surface area (Å²) in [6.07, 6.45) is 7.51. The van der Waals surface area contributed by atoms with Crippen LogP contribution in [0.4, 0.5) is 0 Å². The van der Waals surface area contributed by atoms with Gasteiger partial charge in [-0.1, -0.05) is 81.1 Å². The summed E-state index contributed by atoms with van der Waals surface area (Å²) in [5.74, 6) is 0.761. The molecule has 0 N–H and O–H groups in total. The highest BCUT2D eigenvalue weighted by molar-refractivity contribution is 9.09. The minimum Gasteiger partial charge on any atom is -0.0836 e. The maximum Gasteiger partial charge on any atom is 0.0423 e. The molecule has 0 aromatic heterocycles. The lowest BCUT2D eigenvalue weighted by molar-refractivity contribution is 0.446. The van der Waals surface area contributed by atoms with E-state index in [-0.39, 0.29) is 0 Å². The summed E-state index contributed by atoms with van der Waals surface area (Å²) in [6, 6.07) is 7.08. The molecular formula is C18H29Br. The quantitative estimate of drug-likeness (QED) is 0.481. The minimum atomic E-state index is 0.514. The van der Waals surface area contributed by atoms with Crippen LogP contribution in [0.2, 0.25) is 0 Å². The van der Waals surface area contributed by atoms with Crippen molar-refractivity contribution in [3.8, 4) is 0 Å². The van der Waals surface area contributed by atoms with Gasteiger partial charge in [0.05, 0.1) is 0 Å². The molecule has 0 aliphatic heterocycles. The second-order valence-corrected chi connectivity index (χ2v) is 6.43. The summed E-state index contributed by atoms with van der Waals surface area (Å²) in [5, 5.41) is 0. The van der Waals surface area contributed by atoms with Crippen LogP contribution in [-0.2, 0) is 12.8 Å². The molecular weight excluding hydrogens is 296 g/mol. The number of hydrogen-bond donors (Lipinski definition) is 0. The van der Waals surface area contributed by atoms with Crippen molar-refractivity contribution >= 4 is 15.9 Å². The van der Waals surface area contributed by atoms with Crippen LogP contribution in [-0.4, -0.2) is 0 Å². The monoisotopic (exact) mass is 324 g/mol. The molecule has 0 heterocycles. The fourth-order valence-corrected chi connectivity index (χ4v) is 3.71. The van der Waals surface area contributed by atoms with Crippen molar-refractivity contribution in [1.82, 2.24) is 0 Å². The number of benzene rings is 1. The summed E-state index contributed by atoms with van der Waals surface area (Å²) in [5.41, 5.74) is 4.50. The molecule has 0 nitrogen and oxygen atoms in total. The van der Waals surface area contributed by atoms with Gasteiger partial charge >= 0.3 is 0 Å². The van der Waals surface area contributed by atoms with Gasteiger partial charge < -0.3 is 0 Å². The maximum atomic E-state index is 3.95. The molecule has 1 aromatic rings. The van der Waals surface area contributed by atoms with Gasteiger partial charge in [0.25, 0.3) is 0 Å². The van der Waals surface area contributed by atoms with E-state index in [9.17, 15) is 0 Å². The van der Waals surface area contributed by atoms with Gasteiger partial charge in [-0.25, -0.2) is 0 Å². The van der Waals surface area contributed by atoms with Crippen LogP contribution in [0.5, 0.6) is 0 Å². The van der Waals surface area contributed by atoms with Gasteiger partial charge in [-0.05, 0) is 41.9 Å². The smallest absolute Gasteiger partial charge is 0.0423 e. The van der Waals surface area contributed by atoms with Gasteiger partial charge in [0.1, 0.15) is 0 Å². The third kappa shape index (κ3) is 4.63. The Kier molecular flexibility index (Phi) is 7.75. The summed E-state index contributed by atoms with van der Waals surface area (Å²) < 4.78 is 0. The molecule has 0 aliphatic rings. The van der Waals surface area contributed by atoms with E-state index in [1.54, 1.807) is 0 Å². The Labute approximate surface area is 128 Å². The van der Waals surface area contributed by atoms with Gasteiger partial charge in [-0.3, -0.25) is 0 Å². The van der Waals surface area contributed by atoms with E-state index in [0.717, 1.165) is 18.8 Å². The Hall–Kier alpha value is -0.300. The van der Waals surface area contributed by atoms with Gasteiger partial charge in [0.2, 0.25) is 0 Å². The second kappa shape index (κ2) is 8.79. The van der Waals surface area contributed by atoms with Gasteiger partial charge in [0.15, 0.2) is 0 Å². The molecule has 1 heteroatoms. The molecule has 19 heavy (non-hydrogen) atoms. The Bertz CT molecular complexity index is 370. The molecule has 2 unspecified atom stereocenters. The topological polar surface area (TPSA) is 0 Å². The van der Waals surface area contributed by atoms with Crippen LogP contribution < -0.4 is 0 Å². The summed E-state index contributed by atoms with van der Waals surface area (Å²) in [6.45, 7) is 9.10. The number of rotatable bonds is 8. The van der Waals surface area contributed by atoms with Crippen molar-refractivity contribution in [1.29, 1.82) is 0 Å². The molecule has 0 bridgehead atoms. The molecule has 1 rings (SSSR count). The lowest BCUT2D eigenvalue weighted by Gasteiger charge is -2.22. The van der Waals surface area contributed by atoms with Gasteiger partial charge in [-0.15, -0.1) is 0 Å². The van der Waals surface area contributed by atoms with Crippen molar-refractivity contribution in [3.05, 3.63) is 34.9 Å². The van der Waals surface area contributed by atoms with E-state index < -0.39 is 0 Å². The SMILES string of the molecule is CCCCC(CC)C(Br)c1ccc(CC)c(CC)c1. The van der Waals surface area contributed by atoms with Crippen molar-refractivity contribution in [2.75, 3.05) is 0 Å². The molecule has 108 valence electrons. The Morgan fingerprint density at radius 1 is 1.00 bits per heavy atom. The molecule has 0 fully saturated rings. The number of hydrogen-bond acceptors (Lipinski definition) is 0. The predicted octanol–water partition coefficient (Wildman–Crippen LogP) is 6.46. The summed E-state index contributed by atoms with van der Waals surface area (Å²) in [7, 11) is 0. The van der Waals surface area contributed by atoms with E-state index >= 15 is 0 Å². The first-order valence-electron chi connectivity index (χ1n) is 7.93. The van der Waals surface area contributed by atoms with E-state index in [2.05, 4.69) is 61.8 Å². The third-order valence-electron chi connectivity index (χ3n) is 4.18. The van der Waals surface area contributed by atoms with E-state index in [1.807, 2.05) is 0 Å². The van der Waals surface area contributed by atoms with Crippen molar-refractivity contribution in [2.24, 2.45) is 5.92 Å². The number of aryl methyl sites for hydroxylation is 2. The first kappa shape index (κ1) is 16.8. The van der Waals surface area contributed by atoms with E-state index in [0.29, 0.717) is 4.83 Å². The Balaban J connectivity index is 2.88. The number of unbranched alkanes of at least 4 members (excludes halogenated alkanes) is 1. The predicted molar refractivity (Wildman–Crippen MR) is 90.2 cm³/mol. The van der Waals surface area contributed by atoms with Crippen molar-refractivity contribution in [2.45, 2.75) is 71.0 Å². The zero-order valence-corrected chi connectivity index (χ0v) is 14.6. The van der Waals surface area contributed by atoms with E-state index in [1.165, 1.54) is 42.4 Å². The molecule has 1 aromatic carbocycles. The third-order valence-corrected chi connectivity index (χ3v) is 5.45. The lowest BCUT2D eigenvalue weighted by atomic mass is 9.90. The fourth-order valence-electron chi connectivity index (χ4n) is 2.79. The summed E-state index contributed by atoms with van der Waals surface area (Å²) >= 11 is 3.95. The van der Waals surface area contributed by atoms with Gasteiger partial charge in [-0.2, -0.15) is 0 Å². The molecule has 0 spiro atoms.